The summed E-state index contributed by atoms with van der Waals surface area (Å²) >= 11 is 2.13. The normalized spacial score (nSPS) is 17.7. The molecule has 1 amide bonds. The largest absolute Gasteiger partial charge is 0.496 e. The monoisotopic (exact) mass is 530 g/mol. The summed E-state index contributed by atoms with van der Waals surface area (Å²) in [6, 6.07) is 11.2. The third-order valence-corrected chi connectivity index (χ3v) is 7.59. The molecule has 0 saturated carbocycles. The molecule has 0 bridgehead atoms. The number of rotatable bonds is 6. The van der Waals surface area contributed by atoms with Gasteiger partial charge in [0.25, 0.3) is 5.91 Å². The van der Waals surface area contributed by atoms with E-state index in [1.54, 1.807) is 25.3 Å². The number of methoxy groups -OCH3 is 1. The predicted octanol–water partition coefficient (Wildman–Crippen LogP) is 3.35. The van der Waals surface area contributed by atoms with Gasteiger partial charge in [-0.1, -0.05) is 6.92 Å². The minimum atomic E-state index is -3.63. The lowest BCUT2D eigenvalue weighted by Gasteiger charge is -2.33. The molecule has 1 heterocycles. The molecule has 1 fully saturated rings. The van der Waals surface area contributed by atoms with E-state index in [9.17, 15) is 13.2 Å². The summed E-state index contributed by atoms with van der Waals surface area (Å²) in [7, 11) is -2.04. The van der Waals surface area contributed by atoms with Crippen LogP contribution >= 0.6 is 22.6 Å². The Labute approximate surface area is 184 Å². The van der Waals surface area contributed by atoms with E-state index >= 15 is 0 Å². The molecular formula is C20H23IN2O5S. The van der Waals surface area contributed by atoms with Crippen LogP contribution in [0.5, 0.6) is 5.75 Å². The first kappa shape index (κ1) is 22.0. The molecule has 156 valence electrons. The number of carbonyl (C=O) groups is 1. The molecule has 29 heavy (non-hydrogen) atoms. The van der Waals surface area contributed by atoms with E-state index in [2.05, 4.69) is 27.9 Å². The number of ether oxygens (including phenoxy) is 2. The Hall–Kier alpha value is -1.69. The van der Waals surface area contributed by atoms with Crippen molar-refractivity contribution in [2.45, 2.75) is 24.3 Å². The Balaban J connectivity index is 1.75. The number of hydrogen-bond donors (Lipinski definition) is 1. The van der Waals surface area contributed by atoms with Crippen molar-refractivity contribution >= 4 is 44.2 Å². The summed E-state index contributed by atoms with van der Waals surface area (Å²) in [5.41, 5.74) is 1.01. The van der Waals surface area contributed by atoms with Crippen molar-refractivity contribution in [1.29, 1.82) is 0 Å². The van der Waals surface area contributed by atoms with Gasteiger partial charge in [-0.05, 0) is 71.5 Å². The molecule has 2 aromatic rings. The van der Waals surface area contributed by atoms with Crippen molar-refractivity contribution in [2.24, 2.45) is 0 Å². The molecule has 1 atom stereocenters. The predicted molar refractivity (Wildman–Crippen MR) is 119 cm³/mol. The fourth-order valence-corrected chi connectivity index (χ4v) is 5.54. The SMILES string of the molecule is CCC1COCCN1S(=O)(=O)c1ccc(C(=O)Nc2ccc(OC)c(I)c2)cc1. The number of nitrogens with zero attached hydrogens (tertiary/aromatic N) is 1. The summed E-state index contributed by atoms with van der Waals surface area (Å²) in [5.74, 6) is 0.416. The Morgan fingerprint density at radius 2 is 2.00 bits per heavy atom. The van der Waals surface area contributed by atoms with Crippen molar-refractivity contribution in [2.75, 3.05) is 32.2 Å². The fourth-order valence-electron chi connectivity index (χ4n) is 3.14. The molecule has 7 nitrogen and oxygen atoms in total. The molecule has 0 aliphatic carbocycles. The van der Waals surface area contributed by atoms with Crippen molar-refractivity contribution in [3.63, 3.8) is 0 Å². The summed E-state index contributed by atoms with van der Waals surface area (Å²) in [4.78, 5) is 12.7. The lowest BCUT2D eigenvalue weighted by molar-refractivity contribution is 0.0314. The van der Waals surface area contributed by atoms with E-state index in [1.807, 2.05) is 6.92 Å². The number of anilines is 1. The number of halogens is 1. The molecular weight excluding hydrogens is 507 g/mol. The highest BCUT2D eigenvalue weighted by Crippen LogP contribution is 2.25. The lowest BCUT2D eigenvalue weighted by Crippen LogP contribution is -2.48. The molecule has 0 spiro atoms. The summed E-state index contributed by atoms with van der Waals surface area (Å²) < 4.78 is 38.9. The maximum absolute atomic E-state index is 13.0. The quantitative estimate of drug-likeness (QED) is 0.580. The highest BCUT2D eigenvalue weighted by molar-refractivity contribution is 14.1. The highest BCUT2D eigenvalue weighted by atomic mass is 127. The molecule has 3 rings (SSSR count). The summed E-state index contributed by atoms with van der Waals surface area (Å²) in [6.45, 7) is 3.06. The third kappa shape index (κ3) is 4.90. The van der Waals surface area contributed by atoms with Crippen LogP contribution in [0, 0.1) is 3.57 Å². The van der Waals surface area contributed by atoms with Crippen LogP contribution in [0.15, 0.2) is 47.4 Å². The maximum atomic E-state index is 13.0. The zero-order chi connectivity index (χ0) is 21.0. The van der Waals surface area contributed by atoms with Crippen LogP contribution in [0.3, 0.4) is 0 Å². The van der Waals surface area contributed by atoms with Gasteiger partial charge in [0.2, 0.25) is 10.0 Å². The third-order valence-electron chi connectivity index (χ3n) is 4.78. The van der Waals surface area contributed by atoms with Crippen molar-refractivity contribution in [3.05, 3.63) is 51.6 Å². The van der Waals surface area contributed by atoms with Gasteiger partial charge in [0.05, 0.1) is 28.8 Å². The van der Waals surface area contributed by atoms with Crippen molar-refractivity contribution in [3.8, 4) is 5.75 Å². The first-order valence-electron chi connectivity index (χ1n) is 9.21. The van der Waals surface area contributed by atoms with E-state index in [0.717, 1.165) is 9.32 Å². The zero-order valence-electron chi connectivity index (χ0n) is 16.2. The molecule has 0 radical (unpaired) electrons. The second-order valence-electron chi connectivity index (χ2n) is 6.58. The first-order valence-corrected chi connectivity index (χ1v) is 11.7. The van der Waals surface area contributed by atoms with Gasteiger partial charge in [-0.15, -0.1) is 0 Å². The van der Waals surface area contributed by atoms with E-state index in [0.29, 0.717) is 37.4 Å². The van der Waals surface area contributed by atoms with Crippen LogP contribution in [0.25, 0.3) is 0 Å². The van der Waals surface area contributed by atoms with Crippen LogP contribution in [0.1, 0.15) is 23.7 Å². The van der Waals surface area contributed by atoms with Crippen LogP contribution < -0.4 is 10.1 Å². The van der Waals surface area contributed by atoms with Crippen LogP contribution in [0.4, 0.5) is 5.69 Å². The Morgan fingerprint density at radius 3 is 2.62 bits per heavy atom. The molecule has 1 aliphatic rings. The van der Waals surface area contributed by atoms with Crippen molar-refractivity contribution < 1.29 is 22.7 Å². The average molecular weight is 530 g/mol. The lowest BCUT2D eigenvalue weighted by atomic mass is 10.2. The number of hydrogen-bond acceptors (Lipinski definition) is 5. The van der Waals surface area contributed by atoms with E-state index in [-0.39, 0.29) is 16.8 Å². The second kappa shape index (κ2) is 9.41. The Morgan fingerprint density at radius 1 is 1.28 bits per heavy atom. The highest BCUT2D eigenvalue weighted by Gasteiger charge is 2.33. The number of morpholine rings is 1. The maximum Gasteiger partial charge on any atom is 0.255 e. The number of carbonyl (C=O) groups excluding carboxylic acids is 1. The average Bonchev–Trinajstić information content (AvgIpc) is 2.74. The molecule has 1 unspecified atom stereocenters. The fraction of sp³-hybridized carbons (Fsp3) is 0.350. The van der Waals surface area contributed by atoms with Gasteiger partial charge >= 0.3 is 0 Å². The van der Waals surface area contributed by atoms with Gasteiger partial charge in [0, 0.05) is 23.8 Å². The first-order chi connectivity index (χ1) is 13.9. The Kier molecular flexibility index (Phi) is 7.14. The molecule has 1 aliphatic heterocycles. The van der Waals surface area contributed by atoms with E-state index in [4.69, 9.17) is 9.47 Å². The smallest absolute Gasteiger partial charge is 0.255 e. The van der Waals surface area contributed by atoms with Crippen molar-refractivity contribution in [1.82, 2.24) is 4.31 Å². The summed E-state index contributed by atoms with van der Waals surface area (Å²) in [5, 5.41) is 2.81. The zero-order valence-corrected chi connectivity index (χ0v) is 19.2. The molecule has 0 aromatic heterocycles. The van der Waals surface area contributed by atoms with Gasteiger partial charge in [0.15, 0.2) is 0 Å². The van der Waals surface area contributed by atoms with Gasteiger partial charge in [0.1, 0.15) is 5.75 Å². The molecule has 2 aromatic carbocycles. The topological polar surface area (TPSA) is 84.9 Å². The van der Waals surface area contributed by atoms with Gasteiger partial charge in [-0.2, -0.15) is 4.31 Å². The Bertz CT molecular complexity index is 979. The van der Waals surface area contributed by atoms with E-state index in [1.165, 1.54) is 28.6 Å². The van der Waals surface area contributed by atoms with Crippen LogP contribution in [-0.4, -0.2) is 51.5 Å². The van der Waals surface area contributed by atoms with Gasteiger partial charge in [-0.25, -0.2) is 8.42 Å². The minimum Gasteiger partial charge on any atom is -0.496 e. The van der Waals surface area contributed by atoms with Gasteiger partial charge in [-0.3, -0.25) is 4.79 Å². The number of nitrogens with one attached hydrogen (secondary N) is 1. The molecule has 1 N–H and O–H groups in total. The van der Waals surface area contributed by atoms with Crippen LogP contribution in [0.2, 0.25) is 0 Å². The van der Waals surface area contributed by atoms with Gasteiger partial charge < -0.3 is 14.8 Å². The summed E-state index contributed by atoms with van der Waals surface area (Å²) in [6.07, 6.45) is 0.681. The second-order valence-corrected chi connectivity index (χ2v) is 9.63. The minimum absolute atomic E-state index is 0.172. The molecule has 1 saturated heterocycles. The number of amides is 1. The van der Waals surface area contributed by atoms with Crippen LogP contribution in [-0.2, 0) is 14.8 Å². The number of sulfonamides is 1. The standard InChI is InChI=1S/C20H23IN2O5S/c1-3-16-13-28-11-10-23(16)29(25,26)17-7-4-14(5-8-17)20(24)22-15-6-9-19(27-2)18(21)12-15/h4-9,12,16H,3,10-11,13H2,1-2H3,(H,22,24). The molecule has 9 heteroatoms. The number of benzene rings is 2. The van der Waals surface area contributed by atoms with E-state index < -0.39 is 10.0 Å².